The van der Waals surface area contributed by atoms with Crippen LogP contribution in [0.3, 0.4) is 0 Å². The Labute approximate surface area is 231 Å². The number of thiophene rings is 2. The molecule has 0 aliphatic heterocycles. The number of aromatic nitrogens is 2. The number of aryl methyl sites for hydroxylation is 1. The van der Waals surface area contributed by atoms with Crippen LogP contribution < -0.4 is 5.32 Å². The van der Waals surface area contributed by atoms with E-state index in [9.17, 15) is 19.1 Å². The standard InChI is InChI=1S/C29H24FN3O4S2/c1-16(17-6-4-3-5-7-17)37-28(36)32-26-19(15-31-33(26)2)23-14-25-24(39-23)13-22(38-25)18-8-9-20(21(30)12-18)29(10-11-29)27(34)35/h3-9,12-16H,10-11H2,1-2H3,(H,32,36)(H,34,35)/t16-/m1/s1. The highest BCUT2D eigenvalue weighted by atomic mass is 32.1. The summed E-state index contributed by atoms with van der Waals surface area (Å²) in [5.41, 5.74) is 1.57. The quantitative estimate of drug-likeness (QED) is 0.213. The number of amides is 1. The number of carbonyl (C=O) groups excluding carboxylic acids is 1. The SMILES string of the molecule is C[C@@H](OC(=O)Nc1c(-c2cc3sc(-c4ccc(C5(C(=O)O)CC5)c(F)c4)cc3s2)cnn1C)c1ccccc1. The number of ether oxygens (including phenoxy) is 1. The molecule has 1 fully saturated rings. The summed E-state index contributed by atoms with van der Waals surface area (Å²) >= 11 is 3.08. The van der Waals surface area contributed by atoms with Gasteiger partial charge in [-0.2, -0.15) is 5.10 Å². The molecule has 0 saturated heterocycles. The largest absolute Gasteiger partial charge is 0.481 e. The molecule has 5 aromatic rings. The predicted molar refractivity (Wildman–Crippen MR) is 151 cm³/mol. The smallest absolute Gasteiger partial charge is 0.413 e. The molecule has 1 aliphatic carbocycles. The van der Waals surface area contributed by atoms with Crippen molar-refractivity contribution in [1.29, 1.82) is 0 Å². The van der Waals surface area contributed by atoms with Gasteiger partial charge in [0.15, 0.2) is 0 Å². The Hall–Kier alpha value is -4.02. The number of hydrogen-bond acceptors (Lipinski definition) is 6. The molecule has 1 amide bonds. The van der Waals surface area contributed by atoms with E-state index in [0.29, 0.717) is 24.2 Å². The highest BCUT2D eigenvalue weighted by Gasteiger charge is 2.53. The molecule has 1 atom stereocenters. The molecule has 2 N–H and O–H groups in total. The van der Waals surface area contributed by atoms with Crippen molar-refractivity contribution in [3.63, 3.8) is 0 Å². The molecular weight excluding hydrogens is 537 g/mol. The fourth-order valence-corrected chi connectivity index (χ4v) is 7.14. The monoisotopic (exact) mass is 561 g/mol. The second-order valence-electron chi connectivity index (χ2n) is 9.65. The van der Waals surface area contributed by atoms with E-state index < -0.39 is 29.4 Å². The number of halogens is 1. The lowest BCUT2D eigenvalue weighted by Gasteiger charge is -2.14. The zero-order valence-corrected chi connectivity index (χ0v) is 22.7. The maximum Gasteiger partial charge on any atom is 0.413 e. The Kier molecular flexibility index (Phi) is 6.23. The Morgan fingerprint density at radius 3 is 2.44 bits per heavy atom. The lowest BCUT2D eigenvalue weighted by atomic mass is 9.94. The first-order valence-electron chi connectivity index (χ1n) is 12.4. The summed E-state index contributed by atoms with van der Waals surface area (Å²) in [5.74, 6) is -0.926. The van der Waals surface area contributed by atoms with E-state index in [4.69, 9.17) is 4.74 Å². The molecule has 0 radical (unpaired) electrons. The molecule has 1 aliphatic rings. The number of carbonyl (C=O) groups is 2. The third-order valence-corrected chi connectivity index (χ3v) is 9.49. The number of nitrogens with one attached hydrogen (secondary N) is 1. The second kappa shape index (κ2) is 9.62. The van der Waals surface area contributed by atoms with Gasteiger partial charge in [-0.1, -0.05) is 42.5 Å². The van der Waals surface area contributed by atoms with Crippen LogP contribution >= 0.6 is 22.7 Å². The van der Waals surface area contributed by atoms with E-state index in [1.807, 2.05) is 49.4 Å². The molecule has 6 rings (SSSR count). The van der Waals surface area contributed by atoms with Crippen molar-refractivity contribution in [3.8, 4) is 20.9 Å². The van der Waals surface area contributed by atoms with Crippen LogP contribution in [0.5, 0.6) is 0 Å². The maximum atomic E-state index is 14.9. The molecule has 7 nitrogen and oxygen atoms in total. The number of carboxylic acids is 1. The Bertz CT molecular complexity index is 1690. The van der Waals surface area contributed by atoms with Crippen molar-refractivity contribution in [2.24, 2.45) is 7.05 Å². The normalized spacial score (nSPS) is 14.7. The average molecular weight is 562 g/mol. The van der Waals surface area contributed by atoms with Crippen molar-refractivity contribution >= 4 is 50.0 Å². The number of fused-ring (bicyclic) bond motifs is 1. The van der Waals surface area contributed by atoms with Crippen LogP contribution in [0, 0.1) is 5.82 Å². The number of rotatable bonds is 7. The number of anilines is 1. The van der Waals surface area contributed by atoms with Crippen LogP contribution in [0.1, 0.15) is 37.0 Å². The lowest BCUT2D eigenvalue weighted by molar-refractivity contribution is -0.140. The van der Waals surface area contributed by atoms with Gasteiger partial charge in [0.25, 0.3) is 0 Å². The third kappa shape index (κ3) is 4.59. The van der Waals surface area contributed by atoms with Gasteiger partial charge in [-0.25, -0.2) is 9.18 Å². The van der Waals surface area contributed by atoms with E-state index in [1.54, 1.807) is 41.4 Å². The first kappa shape index (κ1) is 25.3. The minimum absolute atomic E-state index is 0.257. The minimum Gasteiger partial charge on any atom is -0.481 e. The van der Waals surface area contributed by atoms with Gasteiger partial charge in [0.2, 0.25) is 0 Å². The molecule has 0 bridgehead atoms. The molecule has 0 unspecified atom stereocenters. The number of benzene rings is 2. The lowest BCUT2D eigenvalue weighted by Crippen LogP contribution is -2.20. The van der Waals surface area contributed by atoms with Crippen molar-refractivity contribution in [2.75, 3.05) is 5.32 Å². The van der Waals surface area contributed by atoms with Gasteiger partial charge in [-0.3, -0.25) is 14.8 Å². The van der Waals surface area contributed by atoms with Crippen molar-refractivity contribution in [3.05, 3.63) is 83.8 Å². The van der Waals surface area contributed by atoms with Gasteiger partial charge in [0, 0.05) is 31.8 Å². The molecule has 198 valence electrons. The van der Waals surface area contributed by atoms with Gasteiger partial charge in [-0.05, 0) is 49.1 Å². The number of hydrogen-bond donors (Lipinski definition) is 2. The number of carboxylic acid groups (broad SMARTS) is 1. The van der Waals surface area contributed by atoms with Gasteiger partial charge in [0.05, 0.1) is 17.2 Å². The summed E-state index contributed by atoms with van der Waals surface area (Å²) in [4.78, 5) is 26.1. The fraction of sp³-hybridized carbons (Fsp3) is 0.207. The Morgan fingerprint density at radius 1 is 1.08 bits per heavy atom. The Balaban J connectivity index is 1.22. The van der Waals surface area contributed by atoms with E-state index in [0.717, 1.165) is 30.3 Å². The van der Waals surface area contributed by atoms with E-state index in [-0.39, 0.29) is 5.56 Å². The van der Waals surface area contributed by atoms with Gasteiger partial charge in [-0.15, -0.1) is 22.7 Å². The van der Waals surface area contributed by atoms with Crippen molar-refractivity contribution in [2.45, 2.75) is 31.3 Å². The average Bonchev–Trinajstić information content (AvgIpc) is 3.31. The van der Waals surface area contributed by atoms with Crippen LogP contribution in [0.2, 0.25) is 0 Å². The van der Waals surface area contributed by atoms with Crippen LogP contribution in [0.4, 0.5) is 15.0 Å². The third-order valence-electron chi connectivity index (χ3n) is 7.11. The van der Waals surface area contributed by atoms with Crippen molar-refractivity contribution in [1.82, 2.24) is 9.78 Å². The first-order chi connectivity index (χ1) is 18.7. The molecule has 2 aromatic carbocycles. The summed E-state index contributed by atoms with van der Waals surface area (Å²) in [5, 5.41) is 16.7. The molecule has 1 saturated carbocycles. The minimum atomic E-state index is -1.07. The first-order valence-corrected chi connectivity index (χ1v) is 14.0. The summed E-state index contributed by atoms with van der Waals surface area (Å²) in [6.45, 7) is 1.82. The van der Waals surface area contributed by atoms with E-state index >= 15 is 0 Å². The maximum absolute atomic E-state index is 14.9. The summed E-state index contributed by atoms with van der Waals surface area (Å²) in [7, 11) is 1.75. The second-order valence-corrected chi connectivity index (χ2v) is 11.8. The van der Waals surface area contributed by atoms with Gasteiger partial charge >= 0.3 is 12.1 Å². The predicted octanol–water partition coefficient (Wildman–Crippen LogP) is 7.60. The number of nitrogens with zero attached hydrogens (tertiary/aromatic N) is 2. The topological polar surface area (TPSA) is 93.4 Å². The highest BCUT2D eigenvalue weighted by molar-refractivity contribution is 7.31. The number of aliphatic carboxylic acids is 1. The van der Waals surface area contributed by atoms with Gasteiger partial charge < -0.3 is 9.84 Å². The Morgan fingerprint density at radius 2 is 1.77 bits per heavy atom. The molecule has 3 aromatic heterocycles. The molecule has 3 heterocycles. The highest BCUT2D eigenvalue weighted by Crippen LogP contribution is 2.50. The molecule has 0 spiro atoms. The zero-order chi connectivity index (χ0) is 27.3. The molecule has 10 heteroatoms. The van der Waals surface area contributed by atoms with Gasteiger partial charge in [0.1, 0.15) is 17.7 Å². The van der Waals surface area contributed by atoms with E-state index in [2.05, 4.69) is 10.4 Å². The summed E-state index contributed by atoms with van der Waals surface area (Å²) < 4.78 is 24.1. The van der Waals surface area contributed by atoms with Crippen LogP contribution in [0.25, 0.3) is 30.3 Å². The molecule has 39 heavy (non-hydrogen) atoms. The van der Waals surface area contributed by atoms with E-state index in [1.165, 1.54) is 17.4 Å². The molecular formula is C29H24FN3O4S2. The summed E-state index contributed by atoms with van der Waals surface area (Å²) in [6.07, 6.45) is 1.65. The van der Waals surface area contributed by atoms with Crippen LogP contribution in [-0.4, -0.2) is 26.9 Å². The summed E-state index contributed by atoms with van der Waals surface area (Å²) in [6, 6.07) is 18.4. The fourth-order valence-electron chi connectivity index (χ4n) is 4.74. The van der Waals surface area contributed by atoms with Crippen LogP contribution in [-0.2, 0) is 22.0 Å². The van der Waals surface area contributed by atoms with Crippen molar-refractivity contribution < 1.29 is 23.8 Å². The zero-order valence-electron chi connectivity index (χ0n) is 21.1. The van der Waals surface area contributed by atoms with Crippen LogP contribution in [0.15, 0.2) is 66.9 Å².